The highest BCUT2D eigenvalue weighted by molar-refractivity contribution is 5.48. The van der Waals surface area contributed by atoms with Crippen molar-refractivity contribution in [1.29, 1.82) is 0 Å². The number of aryl methyl sites for hydroxylation is 2. The molecule has 0 spiro atoms. The molecular weight excluding hydrogens is 320 g/mol. The molecule has 1 aliphatic carbocycles. The molecule has 142 valence electrons. The Kier molecular flexibility index (Phi) is 7.14. The maximum atomic E-state index is 5.46. The van der Waals surface area contributed by atoms with Crippen molar-refractivity contribution < 1.29 is 9.47 Å². The maximum Gasteiger partial charge on any atom is 0.121 e. The van der Waals surface area contributed by atoms with Gasteiger partial charge in [-0.05, 0) is 61.1 Å². The highest BCUT2D eigenvalue weighted by Gasteiger charge is 2.36. The Labute approximate surface area is 159 Å². The van der Waals surface area contributed by atoms with Crippen LogP contribution in [-0.4, -0.2) is 14.2 Å². The van der Waals surface area contributed by atoms with Crippen molar-refractivity contribution >= 4 is 0 Å². The van der Waals surface area contributed by atoms with Crippen molar-refractivity contribution in [3.63, 3.8) is 0 Å². The van der Waals surface area contributed by atoms with Gasteiger partial charge in [0.1, 0.15) is 11.5 Å². The number of ether oxygens (including phenoxy) is 2. The Hall–Kier alpha value is -1.96. The minimum atomic E-state index is 0.117. The minimum absolute atomic E-state index is 0.117. The molecule has 1 fully saturated rings. The van der Waals surface area contributed by atoms with Gasteiger partial charge in [-0.1, -0.05) is 57.4 Å². The van der Waals surface area contributed by atoms with Crippen LogP contribution in [0.4, 0.5) is 0 Å². The van der Waals surface area contributed by atoms with Gasteiger partial charge in [-0.3, -0.25) is 0 Å². The van der Waals surface area contributed by atoms with E-state index in [4.69, 9.17) is 9.47 Å². The van der Waals surface area contributed by atoms with Gasteiger partial charge in [0, 0.05) is 5.41 Å². The molecule has 0 unspecified atom stereocenters. The average Bonchev–Trinajstić information content (AvgIpc) is 2.70. The van der Waals surface area contributed by atoms with Gasteiger partial charge in [-0.25, -0.2) is 0 Å². The third-order valence-electron chi connectivity index (χ3n) is 5.60. The summed E-state index contributed by atoms with van der Waals surface area (Å²) in [5.74, 6) is 1.94. The molecule has 2 heteroatoms. The molecule has 1 saturated carbocycles. The first-order chi connectivity index (χ1) is 12.6. The number of rotatable bonds is 4. The minimum Gasteiger partial charge on any atom is -0.496 e. The summed E-state index contributed by atoms with van der Waals surface area (Å²) in [6, 6.07) is 13.4. The third-order valence-corrected chi connectivity index (χ3v) is 5.60. The Bertz CT molecular complexity index is 657. The third kappa shape index (κ3) is 3.90. The normalized spacial score (nSPS) is 15.6. The molecule has 0 aliphatic heterocycles. The van der Waals surface area contributed by atoms with Crippen LogP contribution >= 0.6 is 0 Å². The highest BCUT2D eigenvalue weighted by atomic mass is 16.5. The van der Waals surface area contributed by atoms with Gasteiger partial charge < -0.3 is 9.47 Å². The Balaban J connectivity index is 0.00000117. The Morgan fingerprint density at radius 1 is 0.692 bits per heavy atom. The van der Waals surface area contributed by atoms with E-state index in [1.54, 1.807) is 14.2 Å². The largest absolute Gasteiger partial charge is 0.496 e. The smallest absolute Gasteiger partial charge is 0.121 e. The van der Waals surface area contributed by atoms with E-state index in [9.17, 15) is 0 Å². The van der Waals surface area contributed by atoms with Crippen LogP contribution in [0.25, 0.3) is 0 Å². The summed E-state index contributed by atoms with van der Waals surface area (Å²) >= 11 is 0. The second kappa shape index (κ2) is 9.12. The molecule has 1 aliphatic rings. The van der Waals surface area contributed by atoms with Crippen LogP contribution < -0.4 is 9.47 Å². The molecule has 2 aromatic carbocycles. The molecule has 0 radical (unpaired) electrons. The molecule has 2 aromatic rings. The summed E-state index contributed by atoms with van der Waals surface area (Å²) in [6.07, 6.45) is 6.34. The molecule has 2 nitrogen and oxygen atoms in total. The van der Waals surface area contributed by atoms with Gasteiger partial charge in [0.2, 0.25) is 0 Å². The highest BCUT2D eigenvalue weighted by Crippen LogP contribution is 2.46. The second-order valence-corrected chi connectivity index (χ2v) is 7.01. The van der Waals surface area contributed by atoms with Crippen molar-refractivity contribution in [2.75, 3.05) is 14.2 Å². The van der Waals surface area contributed by atoms with Crippen LogP contribution in [0, 0.1) is 13.8 Å². The van der Waals surface area contributed by atoms with Crippen molar-refractivity contribution in [3.8, 4) is 11.5 Å². The molecule has 0 amide bonds. The van der Waals surface area contributed by atoms with E-state index in [2.05, 4.69) is 50.2 Å². The zero-order valence-electron chi connectivity index (χ0n) is 17.3. The van der Waals surface area contributed by atoms with Gasteiger partial charge in [-0.2, -0.15) is 0 Å². The average molecular weight is 355 g/mol. The number of hydrogen-bond acceptors (Lipinski definition) is 2. The SMILES string of the molecule is CC.COc1ccc(C2(c3ccc(OC)c(C)c3)CCCCC2)cc1C. The van der Waals surface area contributed by atoms with Crippen molar-refractivity contribution in [3.05, 3.63) is 58.7 Å². The second-order valence-electron chi connectivity index (χ2n) is 7.01. The molecule has 0 heterocycles. The lowest BCUT2D eigenvalue weighted by Crippen LogP contribution is -2.30. The van der Waals surface area contributed by atoms with E-state index >= 15 is 0 Å². The van der Waals surface area contributed by atoms with Gasteiger partial charge in [0.05, 0.1) is 14.2 Å². The van der Waals surface area contributed by atoms with Crippen LogP contribution in [0.1, 0.15) is 68.2 Å². The van der Waals surface area contributed by atoms with Gasteiger partial charge in [0.25, 0.3) is 0 Å². The Morgan fingerprint density at radius 2 is 1.12 bits per heavy atom. The van der Waals surface area contributed by atoms with E-state index in [1.807, 2.05) is 13.8 Å². The van der Waals surface area contributed by atoms with Crippen molar-refractivity contribution in [2.45, 2.75) is 65.2 Å². The summed E-state index contributed by atoms with van der Waals surface area (Å²) in [4.78, 5) is 0. The monoisotopic (exact) mass is 354 g/mol. The van der Waals surface area contributed by atoms with E-state index < -0.39 is 0 Å². The van der Waals surface area contributed by atoms with Crippen molar-refractivity contribution in [2.24, 2.45) is 0 Å². The quantitative estimate of drug-likeness (QED) is 0.616. The lowest BCUT2D eigenvalue weighted by Gasteiger charge is -2.39. The fourth-order valence-corrected chi connectivity index (χ4v) is 4.25. The zero-order chi connectivity index (χ0) is 19.2. The van der Waals surface area contributed by atoms with Gasteiger partial charge >= 0.3 is 0 Å². The lowest BCUT2D eigenvalue weighted by molar-refractivity contribution is 0.344. The zero-order valence-corrected chi connectivity index (χ0v) is 17.3. The molecule has 3 rings (SSSR count). The molecule has 0 N–H and O–H groups in total. The molecule has 0 saturated heterocycles. The number of benzene rings is 2. The lowest BCUT2D eigenvalue weighted by atomic mass is 9.65. The molecule has 0 atom stereocenters. The summed E-state index contributed by atoms with van der Waals surface area (Å²) in [5, 5.41) is 0. The van der Waals surface area contributed by atoms with E-state index in [0.29, 0.717) is 0 Å². The summed E-state index contributed by atoms with van der Waals surface area (Å²) in [7, 11) is 3.48. The molecular formula is C24H34O2. The van der Waals surface area contributed by atoms with E-state index in [1.165, 1.54) is 54.4 Å². The molecule has 26 heavy (non-hydrogen) atoms. The molecule has 0 bridgehead atoms. The van der Waals surface area contributed by atoms with Gasteiger partial charge in [0.15, 0.2) is 0 Å². The van der Waals surface area contributed by atoms with Crippen LogP contribution in [0.2, 0.25) is 0 Å². The van der Waals surface area contributed by atoms with Gasteiger partial charge in [-0.15, -0.1) is 0 Å². The van der Waals surface area contributed by atoms with Crippen LogP contribution in [-0.2, 0) is 5.41 Å². The summed E-state index contributed by atoms with van der Waals surface area (Å²) in [5.41, 5.74) is 5.39. The summed E-state index contributed by atoms with van der Waals surface area (Å²) in [6.45, 7) is 8.27. The first-order valence-electron chi connectivity index (χ1n) is 9.91. The first-order valence-corrected chi connectivity index (χ1v) is 9.91. The van der Waals surface area contributed by atoms with Crippen LogP contribution in [0.3, 0.4) is 0 Å². The standard InChI is InChI=1S/C22H28O2.C2H6/c1-16-14-18(8-10-20(16)23-3)22(12-6-5-7-13-22)19-9-11-21(24-4)17(2)15-19;1-2/h8-11,14-15H,5-7,12-13H2,1-4H3;1-2H3. The van der Waals surface area contributed by atoms with E-state index in [-0.39, 0.29) is 5.41 Å². The Morgan fingerprint density at radius 3 is 1.46 bits per heavy atom. The predicted molar refractivity (Wildman–Crippen MR) is 111 cm³/mol. The fraction of sp³-hybridized carbons (Fsp3) is 0.500. The topological polar surface area (TPSA) is 18.5 Å². The van der Waals surface area contributed by atoms with E-state index in [0.717, 1.165) is 11.5 Å². The van der Waals surface area contributed by atoms with Crippen LogP contribution in [0.15, 0.2) is 36.4 Å². The van der Waals surface area contributed by atoms with Crippen LogP contribution in [0.5, 0.6) is 11.5 Å². The summed E-state index contributed by atoms with van der Waals surface area (Å²) < 4.78 is 10.9. The molecule has 0 aromatic heterocycles. The first kappa shape index (κ1) is 20.4. The maximum absolute atomic E-state index is 5.46. The number of methoxy groups -OCH3 is 2. The predicted octanol–water partition coefficient (Wildman–Crippen LogP) is 6.60. The number of hydrogen-bond donors (Lipinski definition) is 0. The van der Waals surface area contributed by atoms with Crippen molar-refractivity contribution in [1.82, 2.24) is 0 Å². The fourth-order valence-electron chi connectivity index (χ4n) is 4.25.